The predicted molar refractivity (Wildman–Crippen MR) is 132 cm³/mol. The molecule has 0 aliphatic heterocycles. The van der Waals surface area contributed by atoms with E-state index in [-0.39, 0.29) is 23.9 Å². The fourth-order valence-corrected chi connectivity index (χ4v) is 5.25. The molecule has 2 aromatic carbocycles. The van der Waals surface area contributed by atoms with Crippen molar-refractivity contribution in [2.45, 2.75) is 41.6 Å². The van der Waals surface area contributed by atoms with Crippen LogP contribution in [0.25, 0.3) is 0 Å². The Bertz CT molecular complexity index is 760. The number of nitrogens with one attached hydrogen (secondary N) is 2. The molecule has 0 saturated heterocycles. The second kappa shape index (κ2) is 14.4. The van der Waals surface area contributed by atoms with Crippen LogP contribution in [0.2, 0.25) is 0 Å². The van der Waals surface area contributed by atoms with Crippen LogP contribution in [0.4, 0.5) is 4.79 Å². The molecule has 7 heteroatoms. The first kappa shape index (κ1) is 24.7. The summed E-state index contributed by atoms with van der Waals surface area (Å²) in [5, 5.41) is 6.14. The number of carbonyl (C=O) groups excluding carboxylic acids is 2. The Labute approximate surface area is 192 Å². The van der Waals surface area contributed by atoms with E-state index in [1.54, 1.807) is 42.2 Å². The van der Waals surface area contributed by atoms with E-state index in [0.29, 0.717) is 12.2 Å². The average Bonchev–Trinajstić information content (AvgIpc) is 2.75. The van der Waals surface area contributed by atoms with Crippen LogP contribution in [0.5, 0.6) is 0 Å². The Morgan fingerprint density at radius 2 is 1.33 bits per heavy atom. The van der Waals surface area contributed by atoms with Gasteiger partial charge in [0.25, 0.3) is 0 Å². The number of urea groups is 1. The van der Waals surface area contributed by atoms with Crippen LogP contribution in [-0.4, -0.2) is 47.4 Å². The molecule has 4 nitrogen and oxygen atoms in total. The van der Waals surface area contributed by atoms with Crippen molar-refractivity contribution in [3.8, 4) is 0 Å². The molecular weight excluding hydrogens is 432 g/mol. The number of rotatable bonds is 13. The van der Waals surface area contributed by atoms with Crippen molar-refractivity contribution in [3.63, 3.8) is 0 Å². The molecule has 2 aromatic rings. The number of ketones is 1. The van der Waals surface area contributed by atoms with Crippen molar-refractivity contribution in [1.82, 2.24) is 10.6 Å². The van der Waals surface area contributed by atoms with Gasteiger partial charge >= 0.3 is 6.03 Å². The fraction of sp³-hybridized carbons (Fsp3) is 0.391. The van der Waals surface area contributed by atoms with Crippen LogP contribution >= 0.6 is 35.3 Å². The minimum Gasteiger partial charge on any atom is -0.335 e. The van der Waals surface area contributed by atoms with Crippen molar-refractivity contribution < 1.29 is 9.59 Å². The Kier molecular flexibility index (Phi) is 11.9. The molecular formula is C23H30N2O2S3. The molecule has 0 aromatic heterocycles. The fourth-order valence-electron chi connectivity index (χ4n) is 2.80. The lowest BCUT2D eigenvalue weighted by Crippen LogP contribution is -2.48. The van der Waals surface area contributed by atoms with Gasteiger partial charge in [-0.2, -0.15) is 11.8 Å². The summed E-state index contributed by atoms with van der Waals surface area (Å²) in [7, 11) is 0. The summed E-state index contributed by atoms with van der Waals surface area (Å²) in [4.78, 5) is 26.7. The molecule has 2 atom stereocenters. The molecule has 0 fully saturated rings. The minimum atomic E-state index is -0.199. The molecule has 0 aliphatic carbocycles. The molecule has 2 amide bonds. The summed E-state index contributed by atoms with van der Waals surface area (Å²) >= 11 is 5.18. The highest BCUT2D eigenvalue weighted by atomic mass is 32.2. The number of carbonyl (C=O) groups is 2. The Morgan fingerprint density at radius 1 is 0.833 bits per heavy atom. The van der Waals surface area contributed by atoms with E-state index >= 15 is 0 Å². The quantitative estimate of drug-likeness (QED) is 0.394. The maximum absolute atomic E-state index is 12.7. The number of hydrogen-bond donors (Lipinski definition) is 2. The van der Waals surface area contributed by atoms with Crippen LogP contribution in [0, 0.1) is 0 Å². The summed E-state index contributed by atoms with van der Waals surface area (Å²) in [6, 6.07) is 19.9. The molecule has 0 unspecified atom stereocenters. The molecule has 0 radical (unpaired) electrons. The smallest absolute Gasteiger partial charge is 0.315 e. The van der Waals surface area contributed by atoms with E-state index in [1.807, 2.05) is 48.5 Å². The highest BCUT2D eigenvalue weighted by Gasteiger charge is 2.18. The van der Waals surface area contributed by atoms with Crippen LogP contribution in [0.15, 0.2) is 70.5 Å². The molecule has 0 saturated carbocycles. The molecule has 0 heterocycles. The summed E-state index contributed by atoms with van der Waals surface area (Å²) < 4.78 is 0. The molecule has 2 rings (SSSR count). The van der Waals surface area contributed by atoms with Gasteiger partial charge in [0.05, 0.1) is 0 Å². The largest absolute Gasteiger partial charge is 0.335 e. The van der Waals surface area contributed by atoms with E-state index in [1.165, 1.54) is 4.90 Å². The van der Waals surface area contributed by atoms with Crippen LogP contribution in [-0.2, 0) is 4.79 Å². The average molecular weight is 463 g/mol. The van der Waals surface area contributed by atoms with Gasteiger partial charge in [0.15, 0.2) is 0 Å². The lowest BCUT2D eigenvalue weighted by atomic mass is 10.2. The Balaban J connectivity index is 1.88. The van der Waals surface area contributed by atoms with Crippen molar-refractivity contribution >= 4 is 47.1 Å². The van der Waals surface area contributed by atoms with Gasteiger partial charge in [0.1, 0.15) is 5.78 Å². The van der Waals surface area contributed by atoms with Gasteiger partial charge in [-0.1, -0.05) is 36.4 Å². The number of thioether (sulfide) groups is 3. The van der Waals surface area contributed by atoms with E-state index in [9.17, 15) is 9.59 Å². The highest BCUT2D eigenvalue weighted by Crippen LogP contribution is 2.20. The molecule has 0 bridgehead atoms. The van der Waals surface area contributed by atoms with Gasteiger partial charge < -0.3 is 10.6 Å². The molecule has 0 aliphatic rings. The summed E-state index contributed by atoms with van der Waals surface area (Å²) in [6.45, 7) is 1.57. The lowest BCUT2D eigenvalue weighted by Gasteiger charge is -2.22. The topological polar surface area (TPSA) is 58.2 Å². The molecule has 0 spiro atoms. The third kappa shape index (κ3) is 10.5. The van der Waals surface area contributed by atoms with Crippen LogP contribution < -0.4 is 10.6 Å². The number of hydrogen-bond acceptors (Lipinski definition) is 5. The second-order valence-corrected chi connectivity index (χ2v) is 10.1. The lowest BCUT2D eigenvalue weighted by molar-refractivity contribution is -0.117. The first-order valence-corrected chi connectivity index (χ1v) is 13.3. The Morgan fingerprint density at radius 3 is 1.83 bits per heavy atom. The Hall–Kier alpha value is -1.57. The van der Waals surface area contributed by atoms with Gasteiger partial charge in [-0.3, -0.25) is 4.79 Å². The van der Waals surface area contributed by atoms with Gasteiger partial charge in [-0.25, -0.2) is 4.79 Å². The monoisotopic (exact) mass is 462 g/mol. The van der Waals surface area contributed by atoms with E-state index in [0.717, 1.165) is 22.8 Å². The zero-order valence-electron chi connectivity index (χ0n) is 17.5. The van der Waals surface area contributed by atoms with Gasteiger partial charge in [-0.15, -0.1) is 23.5 Å². The van der Waals surface area contributed by atoms with Gasteiger partial charge in [-0.05, 0) is 49.6 Å². The van der Waals surface area contributed by atoms with Gasteiger partial charge in [0, 0.05) is 39.8 Å². The van der Waals surface area contributed by atoms with Crippen molar-refractivity contribution in [2.75, 3.05) is 23.5 Å². The molecule has 162 valence electrons. The van der Waals surface area contributed by atoms with Gasteiger partial charge in [0.2, 0.25) is 0 Å². The van der Waals surface area contributed by atoms with E-state index < -0.39 is 0 Å². The first-order chi connectivity index (χ1) is 14.6. The highest BCUT2D eigenvalue weighted by molar-refractivity contribution is 7.99. The SMILES string of the molecule is CSCC[C@@H](CSc1ccccc1)NC(=O)N[C@H](CSc1ccccc1)CC(C)=O. The summed E-state index contributed by atoms with van der Waals surface area (Å²) in [5.41, 5.74) is 0. The van der Waals surface area contributed by atoms with E-state index in [2.05, 4.69) is 29.0 Å². The third-order valence-electron chi connectivity index (χ3n) is 4.26. The zero-order chi connectivity index (χ0) is 21.6. The first-order valence-electron chi connectivity index (χ1n) is 9.98. The maximum Gasteiger partial charge on any atom is 0.315 e. The maximum atomic E-state index is 12.7. The molecule has 30 heavy (non-hydrogen) atoms. The number of benzene rings is 2. The second-order valence-electron chi connectivity index (χ2n) is 6.95. The van der Waals surface area contributed by atoms with Crippen molar-refractivity contribution in [1.29, 1.82) is 0 Å². The molecule has 2 N–H and O–H groups in total. The summed E-state index contributed by atoms with van der Waals surface area (Å²) in [5.74, 6) is 2.54. The van der Waals surface area contributed by atoms with Crippen LogP contribution in [0.1, 0.15) is 19.8 Å². The predicted octanol–water partition coefficient (Wildman–Crippen LogP) is 5.34. The van der Waals surface area contributed by atoms with Crippen LogP contribution in [0.3, 0.4) is 0 Å². The third-order valence-corrected chi connectivity index (χ3v) is 7.26. The van der Waals surface area contributed by atoms with Crippen molar-refractivity contribution in [2.24, 2.45) is 0 Å². The zero-order valence-corrected chi connectivity index (χ0v) is 20.0. The number of Topliss-reactive ketones (excluding diaryl/α,β-unsaturated/α-hetero) is 1. The van der Waals surface area contributed by atoms with E-state index in [4.69, 9.17) is 0 Å². The normalized spacial score (nSPS) is 12.7. The summed E-state index contributed by atoms with van der Waals surface area (Å²) in [6.07, 6.45) is 3.32. The standard InChI is InChI=1S/C23H30N2O2S3/c1-18(26)15-20(17-30-22-11-7-4-8-12-22)25-23(27)24-19(13-14-28-2)16-29-21-9-5-3-6-10-21/h3-12,19-20H,13-17H2,1-2H3,(H2,24,25,27)/t19-,20-/m0/s1. The number of amides is 2. The minimum absolute atomic E-state index is 0.0717. The van der Waals surface area contributed by atoms with Crippen molar-refractivity contribution in [3.05, 3.63) is 60.7 Å².